The fourth-order valence-corrected chi connectivity index (χ4v) is 3.08. The number of benzene rings is 1. The Bertz CT molecular complexity index is 641. The summed E-state index contributed by atoms with van der Waals surface area (Å²) in [5.41, 5.74) is 1.53. The van der Waals surface area contributed by atoms with Crippen molar-refractivity contribution < 1.29 is 24.1 Å². The van der Waals surface area contributed by atoms with E-state index in [1.807, 2.05) is 19.9 Å². The first kappa shape index (κ1) is 23.7. The molecular weight excluding hydrogens is 398 g/mol. The summed E-state index contributed by atoms with van der Waals surface area (Å²) in [4.78, 5) is 16.2. The Labute approximate surface area is 177 Å². The van der Waals surface area contributed by atoms with Crippen molar-refractivity contribution in [3.8, 4) is 0 Å². The van der Waals surface area contributed by atoms with Crippen molar-refractivity contribution in [2.75, 3.05) is 69.9 Å². The molecule has 1 heterocycles. The topological polar surface area (TPSA) is 83.5 Å². The van der Waals surface area contributed by atoms with E-state index in [0.717, 1.165) is 18.8 Å². The lowest BCUT2D eigenvalue weighted by atomic mass is 10.2. The average molecular weight is 430 g/mol. The fraction of sp³-hybridized carbons (Fsp3) is 0.650. The third-order valence-corrected chi connectivity index (χ3v) is 4.61. The van der Waals surface area contributed by atoms with Gasteiger partial charge in [-0.2, -0.15) is 0 Å². The number of hydrogen-bond donors (Lipinski definition) is 2. The molecule has 164 valence electrons. The van der Waals surface area contributed by atoms with Crippen LogP contribution in [0.15, 0.2) is 18.2 Å². The normalized spacial score (nSPS) is 15.4. The lowest BCUT2D eigenvalue weighted by molar-refractivity contribution is -0.0144. The lowest BCUT2D eigenvalue weighted by Gasteiger charge is -2.31. The molecule has 8 nitrogen and oxygen atoms in total. The van der Waals surface area contributed by atoms with Crippen LogP contribution in [-0.4, -0.2) is 88.0 Å². The summed E-state index contributed by atoms with van der Waals surface area (Å²) >= 11 is 6.13. The third-order valence-electron chi connectivity index (χ3n) is 4.37. The maximum absolute atomic E-state index is 12.6. The highest BCUT2D eigenvalue weighted by molar-refractivity contribution is 6.31. The fourth-order valence-electron chi connectivity index (χ4n) is 2.91. The van der Waals surface area contributed by atoms with E-state index in [0.29, 0.717) is 37.1 Å². The minimum Gasteiger partial charge on any atom is -0.389 e. The molecule has 1 aliphatic rings. The molecule has 0 saturated carbocycles. The highest BCUT2D eigenvalue weighted by Gasteiger charge is 2.19. The molecule has 1 unspecified atom stereocenters. The Morgan fingerprint density at radius 2 is 2.07 bits per heavy atom. The van der Waals surface area contributed by atoms with Crippen LogP contribution in [0.5, 0.6) is 0 Å². The molecule has 1 atom stereocenters. The Morgan fingerprint density at radius 3 is 2.76 bits per heavy atom. The number of nitrogens with one attached hydrogen (secondary N) is 1. The largest absolute Gasteiger partial charge is 0.389 e. The second-order valence-corrected chi connectivity index (χ2v) is 7.66. The molecule has 0 bridgehead atoms. The molecule has 1 saturated heterocycles. The molecular formula is C20H32ClN3O5. The van der Waals surface area contributed by atoms with Gasteiger partial charge < -0.3 is 34.4 Å². The van der Waals surface area contributed by atoms with Crippen LogP contribution in [0, 0.1) is 0 Å². The van der Waals surface area contributed by atoms with Gasteiger partial charge in [0.25, 0.3) is 0 Å². The second-order valence-electron chi connectivity index (χ2n) is 7.22. The van der Waals surface area contributed by atoms with E-state index in [9.17, 15) is 9.90 Å². The van der Waals surface area contributed by atoms with Crippen LogP contribution in [0.1, 0.15) is 13.8 Å². The smallest absolute Gasteiger partial charge is 0.321 e. The zero-order valence-corrected chi connectivity index (χ0v) is 18.2. The number of hydrogen-bond acceptors (Lipinski definition) is 6. The van der Waals surface area contributed by atoms with Crippen molar-refractivity contribution >= 4 is 29.0 Å². The van der Waals surface area contributed by atoms with Crippen LogP contribution in [0.25, 0.3) is 0 Å². The first-order valence-electron chi connectivity index (χ1n) is 9.88. The van der Waals surface area contributed by atoms with Gasteiger partial charge in [0.05, 0.1) is 63.2 Å². The molecule has 2 N–H and O–H groups in total. The number of rotatable bonds is 10. The maximum Gasteiger partial charge on any atom is 0.321 e. The van der Waals surface area contributed by atoms with Crippen molar-refractivity contribution in [1.82, 2.24) is 4.90 Å². The number of nitrogens with zero attached hydrogens (tertiary/aromatic N) is 2. The molecule has 9 heteroatoms. The van der Waals surface area contributed by atoms with Crippen LogP contribution in [0.3, 0.4) is 0 Å². The molecule has 1 aromatic rings. The summed E-state index contributed by atoms with van der Waals surface area (Å²) in [5, 5.41) is 13.5. The highest BCUT2D eigenvalue weighted by atomic mass is 35.5. The summed E-state index contributed by atoms with van der Waals surface area (Å²) in [5.74, 6) is 0. The van der Waals surface area contributed by atoms with Gasteiger partial charge in [-0.15, -0.1) is 0 Å². The van der Waals surface area contributed by atoms with Crippen molar-refractivity contribution in [1.29, 1.82) is 0 Å². The van der Waals surface area contributed by atoms with E-state index in [4.69, 9.17) is 25.8 Å². The van der Waals surface area contributed by atoms with E-state index in [1.54, 1.807) is 19.2 Å². The zero-order chi connectivity index (χ0) is 21.2. The van der Waals surface area contributed by atoms with Gasteiger partial charge in [-0.05, 0) is 32.0 Å². The van der Waals surface area contributed by atoms with E-state index in [1.165, 1.54) is 4.90 Å². The summed E-state index contributed by atoms with van der Waals surface area (Å²) in [7, 11) is 1.62. The lowest BCUT2D eigenvalue weighted by Crippen LogP contribution is -2.40. The molecule has 2 amide bonds. The third kappa shape index (κ3) is 8.36. The Balaban J connectivity index is 1.84. The van der Waals surface area contributed by atoms with Crippen molar-refractivity contribution in [3.05, 3.63) is 23.2 Å². The molecule has 0 spiro atoms. The van der Waals surface area contributed by atoms with Gasteiger partial charge in [-0.3, -0.25) is 0 Å². The summed E-state index contributed by atoms with van der Waals surface area (Å²) in [6.45, 7) is 7.83. The van der Waals surface area contributed by atoms with Gasteiger partial charge in [0.2, 0.25) is 0 Å². The summed E-state index contributed by atoms with van der Waals surface area (Å²) < 4.78 is 16.2. The first-order chi connectivity index (χ1) is 13.9. The SMILES string of the molecule is CC(C)OCCOCC(O)CN(C)C(=O)Nc1cc(Cl)ccc1N1CCOCC1. The molecule has 2 rings (SSSR count). The number of carbonyl (C=O) groups is 1. The Morgan fingerprint density at radius 1 is 1.34 bits per heavy atom. The molecule has 1 fully saturated rings. The predicted octanol–water partition coefficient (Wildman–Crippen LogP) is 2.44. The number of carbonyl (C=O) groups excluding carboxylic acids is 1. The molecule has 1 aliphatic heterocycles. The number of amides is 2. The minimum absolute atomic E-state index is 0.134. The van der Waals surface area contributed by atoms with Crippen molar-refractivity contribution in [2.45, 2.75) is 26.1 Å². The van der Waals surface area contributed by atoms with Gasteiger partial charge in [0, 0.05) is 25.2 Å². The predicted molar refractivity (Wildman–Crippen MR) is 114 cm³/mol. The Hall–Kier alpha value is -1.58. The van der Waals surface area contributed by atoms with Crippen LogP contribution in [0.2, 0.25) is 5.02 Å². The van der Waals surface area contributed by atoms with Crippen LogP contribution in [-0.2, 0) is 14.2 Å². The zero-order valence-electron chi connectivity index (χ0n) is 17.4. The number of halogens is 1. The quantitative estimate of drug-likeness (QED) is 0.556. The van der Waals surface area contributed by atoms with Crippen molar-refractivity contribution in [2.24, 2.45) is 0 Å². The van der Waals surface area contributed by atoms with Crippen LogP contribution < -0.4 is 10.2 Å². The molecule has 1 aromatic carbocycles. The summed E-state index contributed by atoms with van der Waals surface area (Å²) in [6.07, 6.45) is -0.643. The van der Waals surface area contributed by atoms with Gasteiger partial charge in [0.15, 0.2) is 0 Å². The Kier molecular flexibility index (Phi) is 9.96. The first-order valence-corrected chi connectivity index (χ1v) is 10.3. The summed E-state index contributed by atoms with van der Waals surface area (Å²) in [6, 6.07) is 5.09. The average Bonchev–Trinajstić information content (AvgIpc) is 2.68. The van der Waals surface area contributed by atoms with Crippen molar-refractivity contribution in [3.63, 3.8) is 0 Å². The van der Waals surface area contributed by atoms with Gasteiger partial charge in [0.1, 0.15) is 0 Å². The number of anilines is 2. The van der Waals surface area contributed by atoms with Gasteiger partial charge in [-0.1, -0.05) is 11.6 Å². The molecule has 0 radical (unpaired) electrons. The minimum atomic E-state index is -0.789. The van der Waals surface area contributed by atoms with Crippen LogP contribution in [0.4, 0.5) is 16.2 Å². The number of morpholine rings is 1. The number of urea groups is 1. The second kappa shape index (κ2) is 12.2. The molecule has 29 heavy (non-hydrogen) atoms. The standard InChI is InChI=1S/C20H32ClN3O5/c1-15(2)29-11-10-28-14-17(25)13-23(3)20(26)22-18-12-16(21)4-5-19(18)24-6-8-27-9-7-24/h4-5,12,15,17,25H,6-11,13-14H2,1-3H3,(H,22,26). The number of aliphatic hydroxyl groups is 1. The number of likely N-dealkylation sites (N-methyl/N-ethyl adjacent to an activating group) is 1. The highest BCUT2D eigenvalue weighted by Crippen LogP contribution is 2.30. The van der Waals surface area contributed by atoms with E-state index in [-0.39, 0.29) is 25.3 Å². The van der Waals surface area contributed by atoms with Crippen LogP contribution >= 0.6 is 11.6 Å². The molecule has 0 aliphatic carbocycles. The van der Waals surface area contributed by atoms with E-state index >= 15 is 0 Å². The monoisotopic (exact) mass is 429 g/mol. The molecule has 0 aromatic heterocycles. The van der Waals surface area contributed by atoms with Gasteiger partial charge in [-0.25, -0.2) is 4.79 Å². The maximum atomic E-state index is 12.6. The van der Waals surface area contributed by atoms with Gasteiger partial charge >= 0.3 is 6.03 Å². The van der Waals surface area contributed by atoms with E-state index < -0.39 is 6.10 Å². The number of ether oxygens (including phenoxy) is 3. The van der Waals surface area contributed by atoms with E-state index in [2.05, 4.69) is 10.2 Å². The number of aliphatic hydroxyl groups excluding tert-OH is 1.